The minimum Gasteiger partial charge on any atom is -0.378 e. The first kappa shape index (κ1) is 19.4. The van der Waals surface area contributed by atoms with E-state index in [4.69, 9.17) is 0 Å². The van der Waals surface area contributed by atoms with Gasteiger partial charge in [-0.25, -0.2) is 12.8 Å². The Balaban J connectivity index is 1.92. The van der Waals surface area contributed by atoms with Crippen LogP contribution in [-0.2, 0) is 14.6 Å². The number of nitrogens with one attached hydrogen (secondary N) is 1. The summed E-state index contributed by atoms with van der Waals surface area (Å²) in [5.41, 5.74) is 1.53. The summed E-state index contributed by atoms with van der Waals surface area (Å²) in [5.74, 6) is -0.614. The zero-order valence-corrected chi connectivity index (χ0v) is 16.2. The highest BCUT2D eigenvalue weighted by Crippen LogP contribution is 2.32. The first-order chi connectivity index (χ1) is 12.8. The summed E-state index contributed by atoms with van der Waals surface area (Å²) in [5, 5.41) is 1.82. The maximum Gasteiger partial charge on any atom is 0.223 e. The Hall–Kier alpha value is -2.41. The minimum atomic E-state index is -3.80. The standard InChI is InChI=1S/C20H23FN2O3S/c1-23(2)17-9-5-14(6-10-17)19(13-22-20(24)15-3-4-15)27(25,26)18-11-7-16(21)8-12-18/h5-12,15,19H,3-4,13H2,1-2H3,(H,22,24)/t19-/m0/s1. The Morgan fingerprint density at radius 3 is 2.22 bits per heavy atom. The molecule has 1 aliphatic carbocycles. The smallest absolute Gasteiger partial charge is 0.223 e. The number of amides is 1. The average molecular weight is 390 g/mol. The van der Waals surface area contributed by atoms with Gasteiger partial charge in [-0.15, -0.1) is 0 Å². The number of hydrogen-bond donors (Lipinski definition) is 1. The molecule has 0 aliphatic heterocycles. The van der Waals surface area contributed by atoms with Crippen LogP contribution in [0, 0.1) is 11.7 Å². The monoisotopic (exact) mass is 390 g/mol. The van der Waals surface area contributed by atoms with Gasteiger partial charge in [0.05, 0.1) is 4.90 Å². The first-order valence-electron chi connectivity index (χ1n) is 8.83. The number of halogens is 1. The van der Waals surface area contributed by atoms with Crippen molar-refractivity contribution >= 4 is 21.4 Å². The van der Waals surface area contributed by atoms with Gasteiger partial charge in [0, 0.05) is 32.2 Å². The fourth-order valence-corrected chi connectivity index (χ4v) is 4.53. The molecule has 1 aliphatic rings. The minimum absolute atomic E-state index is 0.00436. The Labute approximate surface area is 159 Å². The van der Waals surface area contributed by atoms with E-state index >= 15 is 0 Å². The zero-order chi connectivity index (χ0) is 19.6. The molecule has 0 bridgehead atoms. The van der Waals surface area contributed by atoms with Crippen molar-refractivity contribution in [3.05, 3.63) is 59.9 Å². The van der Waals surface area contributed by atoms with E-state index in [9.17, 15) is 17.6 Å². The molecule has 0 unspecified atom stereocenters. The van der Waals surface area contributed by atoms with Crippen LogP contribution >= 0.6 is 0 Å². The van der Waals surface area contributed by atoms with Gasteiger partial charge in [0.25, 0.3) is 0 Å². The summed E-state index contributed by atoms with van der Waals surface area (Å²) in [4.78, 5) is 14.0. The van der Waals surface area contributed by atoms with Crippen LogP contribution in [0.2, 0.25) is 0 Å². The summed E-state index contributed by atoms with van der Waals surface area (Å²) >= 11 is 0. The number of anilines is 1. The lowest BCUT2D eigenvalue weighted by atomic mass is 10.1. The van der Waals surface area contributed by atoms with Crippen LogP contribution in [0.5, 0.6) is 0 Å². The molecule has 7 heteroatoms. The topological polar surface area (TPSA) is 66.5 Å². The molecule has 3 rings (SSSR count). The van der Waals surface area contributed by atoms with Gasteiger partial charge < -0.3 is 10.2 Å². The molecule has 0 saturated heterocycles. The number of benzene rings is 2. The van der Waals surface area contributed by atoms with Gasteiger partial charge in [0.15, 0.2) is 9.84 Å². The molecule has 1 fully saturated rings. The summed E-state index contributed by atoms with van der Waals surface area (Å²) in [7, 11) is 0.000873. The Bertz CT molecular complexity index is 905. The predicted molar refractivity (Wildman–Crippen MR) is 103 cm³/mol. The second-order valence-electron chi connectivity index (χ2n) is 6.99. The van der Waals surface area contributed by atoms with Crippen molar-refractivity contribution < 1.29 is 17.6 Å². The largest absolute Gasteiger partial charge is 0.378 e. The highest BCUT2D eigenvalue weighted by atomic mass is 32.2. The number of nitrogens with zero attached hydrogens (tertiary/aromatic N) is 1. The number of hydrogen-bond acceptors (Lipinski definition) is 4. The quantitative estimate of drug-likeness (QED) is 0.738. The van der Waals surface area contributed by atoms with Crippen LogP contribution in [-0.4, -0.2) is 35.0 Å². The third kappa shape index (κ3) is 4.47. The summed E-state index contributed by atoms with van der Waals surface area (Å²) < 4.78 is 39.6. The number of sulfone groups is 1. The molecule has 1 atom stereocenters. The molecule has 2 aromatic carbocycles. The van der Waals surface area contributed by atoms with E-state index in [-0.39, 0.29) is 23.3 Å². The number of carbonyl (C=O) groups excluding carboxylic acids is 1. The Morgan fingerprint density at radius 2 is 1.70 bits per heavy atom. The van der Waals surface area contributed by atoms with Crippen LogP contribution < -0.4 is 10.2 Å². The molecule has 5 nitrogen and oxygen atoms in total. The highest BCUT2D eigenvalue weighted by molar-refractivity contribution is 7.91. The number of carbonyl (C=O) groups is 1. The Kier molecular flexibility index (Phi) is 5.51. The molecule has 0 radical (unpaired) electrons. The van der Waals surface area contributed by atoms with Gasteiger partial charge in [0.2, 0.25) is 5.91 Å². The molecular weight excluding hydrogens is 367 g/mol. The van der Waals surface area contributed by atoms with E-state index < -0.39 is 20.9 Å². The zero-order valence-electron chi connectivity index (χ0n) is 15.4. The fraction of sp³-hybridized carbons (Fsp3) is 0.350. The van der Waals surface area contributed by atoms with E-state index in [1.165, 1.54) is 12.1 Å². The third-order valence-electron chi connectivity index (χ3n) is 4.71. The maximum absolute atomic E-state index is 13.2. The van der Waals surface area contributed by atoms with Crippen LogP contribution in [0.3, 0.4) is 0 Å². The van der Waals surface area contributed by atoms with Gasteiger partial charge in [-0.05, 0) is 54.8 Å². The second kappa shape index (κ2) is 7.68. The molecule has 27 heavy (non-hydrogen) atoms. The van der Waals surface area contributed by atoms with E-state index in [1.54, 1.807) is 12.1 Å². The lowest BCUT2D eigenvalue weighted by Crippen LogP contribution is -2.32. The maximum atomic E-state index is 13.2. The van der Waals surface area contributed by atoms with Crippen LogP contribution in [0.25, 0.3) is 0 Å². The van der Waals surface area contributed by atoms with Gasteiger partial charge in [-0.3, -0.25) is 4.79 Å². The fourth-order valence-electron chi connectivity index (χ4n) is 2.87. The molecule has 144 valence electrons. The van der Waals surface area contributed by atoms with Crippen molar-refractivity contribution in [1.82, 2.24) is 5.32 Å². The third-order valence-corrected chi connectivity index (χ3v) is 6.83. The van der Waals surface area contributed by atoms with Gasteiger partial charge in [0.1, 0.15) is 11.1 Å². The van der Waals surface area contributed by atoms with Gasteiger partial charge in [-0.1, -0.05) is 12.1 Å². The van der Waals surface area contributed by atoms with Crippen molar-refractivity contribution in [2.75, 3.05) is 25.5 Å². The lowest BCUT2D eigenvalue weighted by Gasteiger charge is -2.20. The lowest BCUT2D eigenvalue weighted by molar-refractivity contribution is -0.122. The normalized spacial score (nSPS) is 15.2. The molecule has 0 spiro atoms. The highest BCUT2D eigenvalue weighted by Gasteiger charge is 2.33. The summed E-state index contributed by atoms with van der Waals surface area (Å²) in [6, 6.07) is 12.0. The van der Waals surface area contributed by atoms with Crippen molar-refractivity contribution in [1.29, 1.82) is 0 Å². The SMILES string of the molecule is CN(C)c1ccc([C@H](CNC(=O)C2CC2)S(=O)(=O)c2ccc(F)cc2)cc1. The van der Waals surface area contributed by atoms with Crippen molar-refractivity contribution in [3.8, 4) is 0 Å². The predicted octanol–water partition coefficient (Wildman–Crippen LogP) is 2.93. The van der Waals surface area contributed by atoms with E-state index in [1.807, 2.05) is 31.1 Å². The van der Waals surface area contributed by atoms with Crippen LogP contribution in [0.4, 0.5) is 10.1 Å². The van der Waals surface area contributed by atoms with Crippen molar-refractivity contribution in [2.45, 2.75) is 23.0 Å². The molecule has 2 aromatic rings. The molecule has 1 amide bonds. The van der Waals surface area contributed by atoms with E-state index in [0.717, 1.165) is 30.7 Å². The van der Waals surface area contributed by atoms with Crippen LogP contribution in [0.15, 0.2) is 53.4 Å². The van der Waals surface area contributed by atoms with Crippen molar-refractivity contribution in [2.24, 2.45) is 5.92 Å². The first-order valence-corrected chi connectivity index (χ1v) is 10.4. The molecule has 1 N–H and O–H groups in total. The van der Waals surface area contributed by atoms with Gasteiger partial charge >= 0.3 is 0 Å². The van der Waals surface area contributed by atoms with E-state index in [2.05, 4.69) is 5.32 Å². The second-order valence-corrected chi connectivity index (χ2v) is 9.12. The molecule has 0 heterocycles. The van der Waals surface area contributed by atoms with Crippen LogP contribution in [0.1, 0.15) is 23.7 Å². The van der Waals surface area contributed by atoms with Crippen molar-refractivity contribution in [3.63, 3.8) is 0 Å². The number of rotatable bonds is 7. The molecule has 1 saturated carbocycles. The van der Waals surface area contributed by atoms with Gasteiger partial charge in [-0.2, -0.15) is 0 Å². The summed E-state index contributed by atoms with van der Waals surface area (Å²) in [6.07, 6.45) is 1.69. The summed E-state index contributed by atoms with van der Waals surface area (Å²) in [6.45, 7) is -0.0175. The molecular formula is C20H23FN2O3S. The Morgan fingerprint density at radius 1 is 1.11 bits per heavy atom. The average Bonchev–Trinajstić information content (AvgIpc) is 3.47. The molecule has 0 aromatic heterocycles. The van der Waals surface area contributed by atoms with E-state index in [0.29, 0.717) is 5.56 Å².